The minimum Gasteiger partial charge on any atom is -0.489 e. The number of halogens is 2. The van der Waals surface area contributed by atoms with E-state index in [9.17, 15) is 8.78 Å². The van der Waals surface area contributed by atoms with E-state index in [1.54, 1.807) is 0 Å². The van der Waals surface area contributed by atoms with Crippen LogP contribution in [-0.4, -0.2) is 41.5 Å². The van der Waals surface area contributed by atoms with Gasteiger partial charge in [0.2, 0.25) is 0 Å². The minimum absolute atomic E-state index is 0.0189. The van der Waals surface area contributed by atoms with Crippen molar-refractivity contribution in [1.29, 1.82) is 0 Å². The first-order valence-corrected chi connectivity index (χ1v) is 9.43. The lowest BCUT2D eigenvalue weighted by Gasteiger charge is -2.18. The molecule has 1 aromatic carbocycles. The van der Waals surface area contributed by atoms with Crippen LogP contribution in [0.1, 0.15) is 30.8 Å². The molecule has 0 fully saturated rings. The number of benzene rings is 1. The lowest BCUT2D eigenvalue weighted by molar-refractivity contribution is 0.310. The minimum atomic E-state index is -0.718. The van der Waals surface area contributed by atoms with Gasteiger partial charge < -0.3 is 15.4 Å². The van der Waals surface area contributed by atoms with Crippen LogP contribution in [0.3, 0.4) is 0 Å². The van der Waals surface area contributed by atoms with Crippen LogP contribution in [0.2, 0.25) is 0 Å². The predicted molar refractivity (Wildman–Crippen MR) is 107 cm³/mol. The summed E-state index contributed by atoms with van der Waals surface area (Å²) in [6.45, 7) is 9.40. The maximum Gasteiger partial charge on any atom is 0.191 e. The van der Waals surface area contributed by atoms with Crippen LogP contribution in [0.25, 0.3) is 0 Å². The fourth-order valence-corrected chi connectivity index (χ4v) is 2.93. The number of aryl methyl sites for hydroxylation is 2. The Morgan fingerprint density at radius 3 is 2.68 bits per heavy atom. The summed E-state index contributed by atoms with van der Waals surface area (Å²) in [7, 11) is 1.94. The van der Waals surface area contributed by atoms with Crippen molar-refractivity contribution >= 4 is 5.96 Å². The van der Waals surface area contributed by atoms with Crippen LogP contribution in [0.15, 0.2) is 23.2 Å². The number of hydrogen-bond donors (Lipinski definition) is 2. The second kappa shape index (κ2) is 10.1. The molecule has 0 bridgehead atoms. The molecule has 28 heavy (non-hydrogen) atoms. The zero-order chi connectivity index (χ0) is 20.7. The van der Waals surface area contributed by atoms with E-state index >= 15 is 0 Å². The van der Waals surface area contributed by atoms with Gasteiger partial charge in [-0.2, -0.15) is 5.10 Å². The molecule has 0 saturated heterocycles. The lowest BCUT2D eigenvalue weighted by atomic mass is 10.1. The molecule has 0 aliphatic heterocycles. The quantitative estimate of drug-likeness (QED) is 0.411. The molecule has 6 nitrogen and oxygen atoms in total. The molecule has 8 heteroatoms. The maximum atomic E-state index is 13.6. The van der Waals surface area contributed by atoms with E-state index in [-0.39, 0.29) is 18.4 Å². The third-order valence-electron chi connectivity index (χ3n) is 4.41. The molecule has 2 N–H and O–H groups in total. The Morgan fingerprint density at radius 1 is 1.32 bits per heavy atom. The summed E-state index contributed by atoms with van der Waals surface area (Å²) in [5, 5.41) is 11.0. The highest BCUT2D eigenvalue weighted by Crippen LogP contribution is 2.17. The van der Waals surface area contributed by atoms with Crippen LogP contribution in [0.5, 0.6) is 5.75 Å². The summed E-state index contributed by atoms with van der Waals surface area (Å²) in [5.41, 5.74) is 3.42. The zero-order valence-corrected chi connectivity index (χ0v) is 17.1. The van der Waals surface area contributed by atoms with Crippen LogP contribution in [0.4, 0.5) is 8.78 Å². The highest BCUT2D eigenvalue weighted by molar-refractivity contribution is 5.80. The van der Waals surface area contributed by atoms with Crippen molar-refractivity contribution in [3.63, 3.8) is 0 Å². The Kier molecular flexibility index (Phi) is 7.78. The van der Waals surface area contributed by atoms with Gasteiger partial charge in [0.15, 0.2) is 17.5 Å². The molecule has 0 aliphatic carbocycles. The Morgan fingerprint density at radius 2 is 2.07 bits per heavy atom. The van der Waals surface area contributed by atoms with Crippen LogP contribution in [0, 0.1) is 25.5 Å². The third-order valence-corrected chi connectivity index (χ3v) is 4.41. The predicted octanol–water partition coefficient (Wildman–Crippen LogP) is 2.88. The highest BCUT2D eigenvalue weighted by Gasteiger charge is 2.14. The number of guanidine groups is 1. The Labute approximate surface area is 165 Å². The largest absolute Gasteiger partial charge is 0.489 e. The highest BCUT2D eigenvalue weighted by atomic mass is 19.1. The molecule has 1 aromatic heterocycles. The molecular formula is C20H29F2N5O. The molecule has 0 spiro atoms. The fraction of sp³-hybridized carbons (Fsp3) is 0.500. The normalized spacial score (nSPS) is 12.8. The van der Waals surface area contributed by atoms with Crippen molar-refractivity contribution in [1.82, 2.24) is 20.4 Å². The molecule has 154 valence electrons. The number of aromatic nitrogens is 2. The molecule has 0 saturated carbocycles. The van der Waals surface area contributed by atoms with Gasteiger partial charge in [-0.3, -0.25) is 4.68 Å². The number of ether oxygens (including phenoxy) is 1. The van der Waals surface area contributed by atoms with Crippen LogP contribution >= 0.6 is 0 Å². The van der Waals surface area contributed by atoms with Crippen molar-refractivity contribution in [2.45, 2.75) is 40.2 Å². The Balaban J connectivity index is 1.90. The second-order valence-corrected chi connectivity index (χ2v) is 6.71. The smallest absolute Gasteiger partial charge is 0.191 e. The van der Waals surface area contributed by atoms with E-state index in [1.807, 2.05) is 25.6 Å². The average molecular weight is 393 g/mol. The molecule has 1 unspecified atom stereocenters. The summed E-state index contributed by atoms with van der Waals surface area (Å²) >= 11 is 0. The van der Waals surface area contributed by atoms with Gasteiger partial charge >= 0.3 is 0 Å². The number of aliphatic imine (C=N–C) groups is 1. The summed E-state index contributed by atoms with van der Waals surface area (Å²) in [5.74, 6) is -0.665. The maximum absolute atomic E-state index is 13.6. The van der Waals surface area contributed by atoms with Gasteiger partial charge in [0.25, 0.3) is 0 Å². The van der Waals surface area contributed by atoms with Crippen molar-refractivity contribution in [2.75, 3.05) is 19.7 Å². The average Bonchev–Trinajstić information content (AvgIpc) is 2.86. The van der Waals surface area contributed by atoms with E-state index in [1.165, 1.54) is 11.6 Å². The van der Waals surface area contributed by atoms with Crippen molar-refractivity contribution < 1.29 is 13.5 Å². The summed E-state index contributed by atoms with van der Waals surface area (Å²) < 4.78 is 33.7. The molecule has 1 heterocycles. The first-order valence-electron chi connectivity index (χ1n) is 9.43. The monoisotopic (exact) mass is 393 g/mol. The Bertz CT molecular complexity index is 819. The number of hydrogen-bond acceptors (Lipinski definition) is 3. The topological polar surface area (TPSA) is 63.5 Å². The first-order chi connectivity index (χ1) is 13.3. The third kappa shape index (κ3) is 5.94. The molecule has 2 rings (SSSR count). The van der Waals surface area contributed by atoms with Crippen molar-refractivity contribution in [3.8, 4) is 5.75 Å². The number of nitrogens with zero attached hydrogens (tertiary/aromatic N) is 3. The van der Waals surface area contributed by atoms with E-state index in [4.69, 9.17) is 4.74 Å². The summed E-state index contributed by atoms with van der Waals surface area (Å²) in [6.07, 6.45) is 0.827. The molecule has 2 aromatic rings. The van der Waals surface area contributed by atoms with E-state index in [0.717, 1.165) is 36.5 Å². The van der Waals surface area contributed by atoms with Gasteiger partial charge in [-0.1, -0.05) is 0 Å². The van der Waals surface area contributed by atoms with Gasteiger partial charge in [-0.15, -0.1) is 0 Å². The number of rotatable bonds is 8. The van der Waals surface area contributed by atoms with E-state index < -0.39 is 11.6 Å². The fourth-order valence-electron chi connectivity index (χ4n) is 2.93. The van der Waals surface area contributed by atoms with Gasteiger partial charge in [0, 0.05) is 31.4 Å². The SMILES string of the molecule is CCNC(=NCCOc1ccc(F)cc1F)NC(C)Cc1c(C)nn(C)c1C. The molecule has 1 atom stereocenters. The van der Waals surface area contributed by atoms with Crippen LogP contribution < -0.4 is 15.4 Å². The first kappa shape index (κ1) is 21.7. The lowest BCUT2D eigenvalue weighted by Crippen LogP contribution is -2.43. The zero-order valence-electron chi connectivity index (χ0n) is 17.1. The van der Waals surface area contributed by atoms with Crippen LogP contribution in [-0.2, 0) is 13.5 Å². The summed E-state index contributed by atoms with van der Waals surface area (Å²) in [6, 6.07) is 3.39. The summed E-state index contributed by atoms with van der Waals surface area (Å²) in [4.78, 5) is 4.46. The van der Waals surface area contributed by atoms with Gasteiger partial charge in [0.1, 0.15) is 12.4 Å². The van der Waals surface area contributed by atoms with Gasteiger partial charge in [-0.05, 0) is 51.8 Å². The standard InChI is InChI=1S/C20H29F2N5O/c1-6-23-20(24-9-10-28-19-8-7-16(21)12-18(19)22)25-13(2)11-17-14(3)26-27(5)15(17)4/h7-8,12-13H,6,9-11H2,1-5H3,(H2,23,24,25). The van der Waals surface area contributed by atoms with Gasteiger partial charge in [0.05, 0.1) is 12.2 Å². The number of nitrogens with one attached hydrogen (secondary N) is 2. The van der Waals surface area contributed by atoms with E-state index in [0.29, 0.717) is 12.5 Å². The van der Waals surface area contributed by atoms with Gasteiger partial charge in [-0.25, -0.2) is 13.8 Å². The van der Waals surface area contributed by atoms with Crippen molar-refractivity contribution in [3.05, 3.63) is 46.8 Å². The molecule has 0 radical (unpaired) electrons. The van der Waals surface area contributed by atoms with Crippen molar-refractivity contribution in [2.24, 2.45) is 12.0 Å². The van der Waals surface area contributed by atoms with E-state index in [2.05, 4.69) is 34.6 Å². The molecule has 0 amide bonds. The molecule has 0 aliphatic rings. The second-order valence-electron chi connectivity index (χ2n) is 6.71. The Hall–Kier alpha value is -2.64. The molecular weight excluding hydrogens is 364 g/mol.